The molecular formula is C30H41N5O4. The molecule has 2 aromatic carbocycles. The van der Waals surface area contributed by atoms with Crippen molar-refractivity contribution in [3.8, 4) is 5.75 Å². The smallest absolute Gasteiger partial charge is 0.317 e. The minimum atomic E-state index is -0.329. The van der Waals surface area contributed by atoms with Crippen LogP contribution in [-0.4, -0.2) is 92.1 Å². The van der Waals surface area contributed by atoms with Crippen molar-refractivity contribution in [2.24, 2.45) is 5.10 Å². The minimum Gasteiger partial charge on any atom is -0.496 e. The second-order valence-electron chi connectivity index (χ2n) is 10.2. The Bertz CT molecular complexity index is 1180. The van der Waals surface area contributed by atoms with E-state index in [0.717, 1.165) is 36.3 Å². The Morgan fingerprint density at radius 1 is 1.13 bits per heavy atom. The third-order valence-corrected chi connectivity index (χ3v) is 7.43. The Labute approximate surface area is 231 Å². The van der Waals surface area contributed by atoms with Crippen LogP contribution in [0.15, 0.2) is 47.6 Å². The fraction of sp³-hybridized carbons (Fsp3) is 0.500. The molecule has 3 amide bonds. The molecule has 2 aromatic rings. The van der Waals surface area contributed by atoms with Gasteiger partial charge in [0.05, 0.1) is 32.1 Å². The number of aryl methyl sites for hydroxylation is 2. The number of methoxy groups -OCH3 is 1. The first kappa shape index (κ1) is 28.6. The number of urea groups is 1. The van der Waals surface area contributed by atoms with E-state index in [-0.39, 0.29) is 24.5 Å². The van der Waals surface area contributed by atoms with Crippen molar-refractivity contribution in [3.05, 3.63) is 64.7 Å². The molecule has 2 heterocycles. The lowest BCUT2D eigenvalue weighted by molar-refractivity contribution is -0.133. The first-order valence-corrected chi connectivity index (χ1v) is 13.8. The van der Waals surface area contributed by atoms with Gasteiger partial charge < -0.3 is 19.7 Å². The van der Waals surface area contributed by atoms with Crippen molar-refractivity contribution >= 4 is 17.6 Å². The van der Waals surface area contributed by atoms with Crippen molar-refractivity contribution < 1.29 is 19.1 Å². The molecule has 0 saturated carbocycles. The highest BCUT2D eigenvalue weighted by molar-refractivity contribution is 6.03. The molecule has 0 spiro atoms. The summed E-state index contributed by atoms with van der Waals surface area (Å²) in [6, 6.07) is 13.4. The summed E-state index contributed by atoms with van der Waals surface area (Å²) < 4.78 is 11.1. The van der Waals surface area contributed by atoms with E-state index in [0.29, 0.717) is 45.0 Å². The molecule has 39 heavy (non-hydrogen) atoms. The fourth-order valence-electron chi connectivity index (χ4n) is 4.94. The largest absolute Gasteiger partial charge is 0.496 e. The average Bonchev–Trinajstić information content (AvgIpc) is 3.41. The highest BCUT2D eigenvalue weighted by Crippen LogP contribution is 2.37. The quantitative estimate of drug-likeness (QED) is 0.501. The zero-order valence-corrected chi connectivity index (χ0v) is 23.6. The van der Waals surface area contributed by atoms with Crippen LogP contribution < -0.4 is 10.1 Å². The molecule has 9 heteroatoms. The van der Waals surface area contributed by atoms with Crippen LogP contribution in [0.5, 0.6) is 5.75 Å². The maximum Gasteiger partial charge on any atom is 0.317 e. The lowest BCUT2D eigenvalue weighted by Crippen LogP contribution is -2.49. The van der Waals surface area contributed by atoms with E-state index in [1.807, 2.05) is 31.2 Å². The van der Waals surface area contributed by atoms with Gasteiger partial charge in [0.25, 0.3) is 5.91 Å². The number of benzene rings is 2. The van der Waals surface area contributed by atoms with Crippen molar-refractivity contribution in [1.29, 1.82) is 0 Å². The molecule has 210 valence electrons. The minimum absolute atomic E-state index is 0.0603. The second-order valence-corrected chi connectivity index (χ2v) is 10.2. The van der Waals surface area contributed by atoms with Gasteiger partial charge in [0.15, 0.2) is 0 Å². The summed E-state index contributed by atoms with van der Waals surface area (Å²) in [5.41, 5.74) is 5.12. The van der Waals surface area contributed by atoms with Crippen LogP contribution >= 0.6 is 0 Å². The molecule has 1 saturated heterocycles. The number of rotatable bonds is 10. The Morgan fingerprint density at radius 3 is 2.62 bits per heavy atom. The first-order valence-electron chi connectivity index (χ1n) is 13.8. The summed E-state index contributed by atoms with van der Waals surface area (Å²) in [7, 11) is 1.64. The zero-order valence-electron chi connectivity index (χ0n) is 23.6. The van der Waals surface area contributed by atoms with E-state index in [1.54, 1.807) is 17.0 Å². The topological polar surface area (TPSA) is 86.7 Å². The van der Waals surface area contributed by atoms with E-state index in [1.165, 1.54) is 11.1 Å². The van der Waals surface area contributed by atoms with Crippen LogP contribution in [0.25, 0.3) is 0 Å². The van der Waals surface area contributed by atoms with Crippen molar-refractivity contribution in [2.45, 2.75) is 39.7 Å². The van der Waals surface area contributed by atoms with Crippen molar-refractivity contribution in [3.63, 3.8) is 0 Å². The molecule has 0 unspecified atom stereocenters. The predicted octanol–water partition coefficient (Wildman–Crippen LogP) is 3.74. The number of nitrogens with one attached hydrogen (secondary N) is 1. The number of ether oxygens (including phenoxy) is 2. The van der Waals surface area contributed by atoms with Gasteiger partial charge in [0.2, 0.25) is 0 Å². The molecular weight excluding hydrogens is 494 g/mol. The second kappa shape index (κ2) is 13.6. The van der Waals surface area contributed by atoms with E-state index in [9.17, 15) is 9.59 Å². The molecule has 2 aliphatic heterocycles. The normalized spacial score (nSPS) is 17.6. The molecule has 0 aromatic heterocycles. The van der Waals surface area contributed by atoms with Gasteiger partial charge in [-0.05, 0) is 49.1 Å². The SMILES string of the molecule is CCCNC(=O)N(CCN1CCOCC1)CC(=O)N1N=C(c2ccc(C)c(C)c2)C[C@@H]1c1ccccc1OC. The molecule has 4 rings (SSSR count). The Morgan fingerprint density at radius 2 is 1.90 bits per heavy atom. The molecule has 1 atom stereocenters. The summed E-state index contributed by atoms with van der Waals surface area (Å²) in [5, 5.41) is 9.34. The highest BCUT2D eigenvalue weighted by atomic mass is 16.5. The predicted molar refractivity (Wildman–Crippen MR) is 152 cm³/mol. The number of nitrogens with zero attached hydrogens (tertiary/aromatic N) is 4. The van der Waals surface area contributed by atoms with Crippen molar-refractivity contribution in [2.75, 3.05) is 59.6 Å². The van der Waals surface area contributed by atoms with Crippen molar-refractivity contribution in [1.82, 2.24) is 20.1 Å². The molecule has 1 fully saturated rings. The third-order valence-electron chi connectivity index (χ3n) is 7.43. The maximum absolute atomic E-state index is 13.9. The zero-order chi connectivity index (χ0) is 27.8. The standard InChI is InChI=1S/C30H41N5O4/c1-5-12-31-30(37)34(14-13-33-15-17-39-18-16-33)21-29(36)35-27(25-8-6-7-9-28(25)38-4)20-26(32-35)24-11-10-22(2)23(3)19-24/h6-11,19,27H,5,12-18,20-21H2,1-4H3,(H,31,37)/t27-/m1/s1. The summed E-state index contributed by atoms with van der Waals surface area (Å²) in [5.74, 6) is 0.486. The molecule has 0 bridgehead atoms. The van der Waals surface area contributed by atoms with E-state index in [4.69, 9.17) is 14.6 Å². The molecule has 0 radical (unpaired) electrons. The summed E-state index contributed by atoms with van der Waals surface area (Å²) in [6.07, 6.45) is 1.38. The monoisotopic (exact) mass is 535 g/mol. The number of carbonyl (C=O) groups excluding carboxylic acids is 2. The number of morpholine rings is 1. The third kappa shape index (κ3) is 7.16. The first-order chi connectivity index (χ1) is 18.9. The summed E-state index contributed by atoms with van der Waals surface area (Å²) in [6.45, 7) is 10.8. The molecule has 2 aliphatic rings. The summed E-state index contributed by atoms with van der Waals surface area (Å²) >= 11 is 0. The van der Waals surface area contributed by atoms with E-state index in [2.05, 4.69) is 42.3 Å². The van der Waals surface area contributed by atoms with Gasteiger partial charge in [0.1, 0.15) is 12.3 Å². The number of hydrogen-bond acceptors (Lipinski definition) is 6. The van der Waals surface area contributed by atoms with Crippen LogP contribution in [0.2, 0.25) is 0 Å². The fourth-order valence-corrected chi connectivity index (χ4v) is 4.94. The van der Waals surface area contributed by atoms with E-state index < -0.39 is 0 Å². The number of hydrazone groups is 1. The number of amides is 3. The van der Waals surface area contributed by atoms with Gasteiger partial charge in [-0.2, -0.15) is 5.10 Å². The lowest BCUT2D eigenvalue weighted by atomic mass is 9.96. The Balaban J connectivity index is 1.59. The Kier molecular flexibility index (Phi) is 9.95. The van der Waals surface area contributed by atoms with Gasteiger partial charge in [0, 0.05) is 44.7 Å². The molecule has 9 nitrogen and oxygen atoms in total. The van der Waals surface area contributed by atoms with Crippen LogP contribution in [-0.2, 0) is 9.53 Å². The number of carbonyl (C=O) groups is 2. The maximum atomic E-state index is 13.9. The van der Waals surface area contributed by atoms with E-state index >= 15 is 0 Å². The Hall–Kier alpha value is -3.43. The number of para-hydroxylation sites is 1. The van der Waals surface area contributed by atoms with Gasteiger partial charge in [-0.25, -0.2) is 9.80 Å². The highest BCUT2D eigenvalue weighted by Gasteiger charge is 2.36. The van der Waals surface area contributed by atoms with Gasteiger partial charge in [-0.1, -0.05) is 37.3 Å². The van der Waals surface area contributed by atoms with Crippen LogP contribution in [0.4, 0.5) is 4.79 Å². The number of hydrogen-bond donors (Lipinski definition) is 1. The lowest BCUT2D eigenvalue weighted by Gasteiger charge is -2.31. The van der Waals surface area contributed by atoms with Gasteiger partial charge >= 0.3 is 6.03 Å². The van der Waals surface area contributed by atoms with Crippen LogP contribution in [0, 0.1) is 13.8 Å². The molecule has 0 aliphatic carbocycles. The van der Waals surface area contributed by atoms with Gasteiger partial charge in [-0.3, -0.25) is 9.69 Å². The average molecular weight is 536 g/mol. The van der Waals surface area contributed by atoms with Crippen LogP contribution in [0.3, 0.4) is 0 Å². The van der Waals surface area contributed by atoms with Gasteiger partial charge in [-0.15, -0.1) is 0 Å². The summed E-state index contributed by atoms with van der Waals surface area (Å²) in [4.78, 5) is 30.8. The molecule has 1 N–H and O–H groups in total. The van der Waals surface area contributed by atoms with Crippen LogP contribution in [0.1, 0.15) is 48.1 Å².